The Morgan fingerprint density at radius 2 is 1.68 bits per heavy atom. The van der Waals surface area contributed by atoms with Gasteiger partial charge in [0.25, 0.3) is 0 Å². The first-order valence-electron chi connectivity index (χ1n) is 6.42. The van der Waals surface area contributed by atoms with Crippen molar-refractivity contribution in [1.82, 2.24) is 14.1 Å². The van der Waals surface area contributed by atoms with Gasteiger partial charge in [-0.3, -0.25) is 0 Å². The fourth-order valence-corrected chi connectivity index (χ4v) is 1.80. The van der Waals surface area contributed by atoms with Gasteiger partial charge in [-0.25, -0.2) is 18.7 Å². The van der Waals surface area contributed by atoms with Crippen LogP contribution >= 0.6 is 0 Å². The summed E-state index contributed by atoms with van der Waals surface area (Å²) in [5.41, 5.74) is -0.532. The molecule has 0 aliphatic rings. The molecule has 0 saturated heterocycles. The summed E-state index contributed by atoms with van der Waals surface area (Å²) < 4.78 is 7.39. The molecule has 1 heterocycles. The topological polar surface area (TPSA) is 66.1 Å². The maximum Gasteiger partial charge on any atom is 0.357 e. The summed E-state index contributed by atoms with van der Waals surface area (Å²) in [4.78, 5) is 27.8. The molecule has 0 saturated carbocycles. The molecule has 0 radical (unpaired) electrons. The van der Waals surface area contributed by atoms with Gasteiger partial charge in [-0.05, 0) is 5.56 Å². The van der Waals surface area contributed by atoms with E-state index in [1.165, 1.54) is 0 Å². The number of nitrogens with zero attached hydrogens (tertiary/aromatic N) is 3. The second kappa shape index (κ2) is 6.96. The summed E-state index contributed by atoms with van der Waals surface area (Å²) in [6.07, 6.45) is 10.4. The van der Waals surface area contributed by atoms with Gasteiger partial charge in [0, 0.05) is 0 Å². The van der Waals surface area contributed by atoms with Crippen molar-refractivity contribution in [2.45, 2.75) is 19.7 Å². The van der Waals surface area contributed by atoms with Gasteiger partial charge in [0.15, 0.2) is 0 Å². The molecular weight excluding hydrogens is 282 g/mol. The molecule has 22 heavy (non-hydrogen) atoms. The van der Waals surface area contributed by atoms with Crippen LogP contribution in [0.15, 0.2) is 39.9 Å². The molecule has 2 rings (SSSR count). The summed E-state index contributed by atoms with van der Waals surface area (Å²) in [6.45, 7) is -0.0779. The molecule has 0 aliphatic carbocycles. The largest absolute Gasteiger partial charge is 0.460 e. The van der Waals surface area contributed by atoms with Crippen LogP contribution in [0.5, 0.6) is 6.01 Å². The lowest BCUT2D eigenvalue weighted by molar-refractivity contribution is 0.256. The lowest BCUT2D eigenvalue weighted by atomic mass is 10.2. The molecule has 0 amide bonds. The molecule has 0 atom stereocenters. The Labute approximate surface area is 127 Å². The molecule has 0 N–H and O–H groups in total. The highest BCUT2D eigenvalue weighted by Crippen LogP contribution is 2.06. The third-order valence-electron chi connectivity index (χ3n) is 2.82. The SMILES string of the molecule is C#CCn1c(OCc2ccccc2)nc(=O)n(CC#C)c1=O. The van der Waals surface area contributed by atoms with Gasteiger partial charge in [-0.1, -0.05) is 42.2 Å². The van der Waals surface area contributed by atoms with Crippen LogP contribution in [0.2, 0.25) is 0 Å². The van der Waals surface area contributed by atoms with Gasteiger partial charge in [0.2, 0.25) is 0 Å². The fraction of sp³-hybridized carbons (Fsp3) is 0.188. The Kier molecular flexibility index (Phi) is 4.79. The van der Waals surface area contributed by atoms with Crippen molar-refractivity contribution in [3.63, 3.8) is 0 Å². The lowest BCUT2D eigenvalue weighted by Crippen LogP contribution is -2.41. The van der Waals surface area contributed by atoms with Crippen LogP contribution in [0, 0.1) is 24.7 Å². The van der Waals surface area contributed by atoms with Crippen molar-refractivity contribution in [3.05, 3.63) is 56.9 Å². The van der Waals surface area contributed by atoms with Gasteiger partial charge in [0.1, 0.15) is 6.61 Å². The average molecular weight is 295 g/mol. The molecule has 1 aromatic carbocycles. The van der Waals surface area contributed by atoms with Gasteiger partial charge in [0.05, 0.1) is 13.1 Å². The number of aromatic nitrogens is 3. The first-order valence-corrected chi connectivity index (χ1v) is 6.42. The van der Waals surface area contributed by atoms with Crippen molar-refractivity contribution in [2.75, 3.05) is 0 Å². The third-order valence-corrected chi connectivity index (χ3v) is 2.82. The van der Waals surface area contributed by atoms with Crippen LogP contribution in [0.4, 0.5) is 0 Å². The Hall–Kier alpha value is -3.25. The highest BCUT2D eigenvalue weighted by molar-refractivity contribution is 5.14. The average Bonchev–Trinajstić information content (AvgIpc) is 2.53. The molecule has 2 aromatic rings. The van der Waals surface area contributed by atoms with E-state index in [0.717, 1.165) is 14.7 Å². The molecule has 1 aromatic heterocycles. The zero-order chi connectivity index (χ0) is 15.9. The molecule has 6 heteroatoms. The Morgan fingerprint density at radius 3 is 2.32 bits per heavy atom. The molecule has 0 spiro atoms. The monoisotopic (exact) mass is 295 g/mol. The molecule has 0 aliphatic heterocycles. The fourth-order valence-electron chi connectivity index (χ4n) is 1.80. The van der Waals surface area contributed by atoms with Crippen molar-refractivity contribution in [3.8, 4) is 30.7 Å². The molecule has 6 nitrogen and oxygen atoms in total. The number of benzene rings is 1. The number of rotatable bonds is 5. The minimum Gasteiger partial charge on any atom is -0.460 e. The van der Waals surface area contributed by atoms with Crippen molar-refractivity contribution in [1.29, 1.82) is 0 Å². The highest BCUT2D eigenvalue weighted by Gasteiger charge is 2.13. The van der Waals surface area contributed by atoms with E-state index in [9.17, 15) is 9.59 Å². The van der Waals surface area contributed by atoms with Gasteiger partial charge in [-0.2, -0.15) is 0 Å². The quantitative estimate of drug-likeness (QED) is 0.742. The van der Waals surface area contributed by atoms with Crippen LogP contribution < -0.4 is 16.1 Å². The number of hydrogen-bond acceptors (Lipinski definition) is 4. The number of hydrogen-bond donors (Lipinski definition) is 0. The van der Waals surface area contributed by atoms with E-state index in [-0.39, 0.29) is 25.7 Å². The summed E-state index contributed by atoms with van der Waals surface area (Å²) in [6, 6.07) is 9.16. The molecular formula is C16H13N3O3. The number of terminal acetylenes is 2. The Bertz CT molecular complexity index is 851. The lowest BCUT2D eigenvalue weighted by Gasteiger charge is -2.11. The highest BCUT2D eigenvalue weighted by atomic mass is 16.5. The van der Waals surface area contributed by atoms with Crippen LogP contribution in [0.1, 0.15) is 5.56 Å². The Balaban J connectivity index is 2.39. The minimum absolute atomic E-state index is 0.0686. The van der Waals surface area contributed by atoms with Gasteiger partial charge < -0.3 is 4.74 Å². The van der Waals surface area contributed by atoms with Crippen molar-refractivity contribution < 1.29 is 4.74 Å². The van der Waals surface area contributed by atoms with E-state index >= 15 is 0 Å². The second-order valence-electron chi connectivity index (χ2n) is 4.31. The van der Waals surface area contributed by atoms with Crippen LogP contribution in [-0.2, 0) is 19.7 Å². The van der Waals surface area contributed by atoms with Crippen LogP contribution in [-0.4, -0.2) is 14.1 Å². The van der Waals surface area contributed by atoms with E-state index in [4.69, 9.17) is 17.6 Å². The van der Waals surface area contributed by atoms with E-state index in [0.29, 0.717) is 0 Å². The predicted molar refractivity (Wildman–Crippen MR) is 81.2 cm³/mol. The van der Waals surface area contributed by atoms with Crippen molar-refractivity contribution in [2.24, 2.45) is 0 Å². The van der Waals surface area contributed by atoms with Crippen LogP contribution in [0.25, 0.3) is 0 Å². The first-order chi connectivity index (χ1) is 10.7. The summed E-state index contributed by atoms with van der Waals surface area (Å²) in [7, 11) is 0. The first kappa shape index (κ1) is 15.1. The Morgan fingerprint density at radius 1 is 1.05 bits per heavy atom. The summed E-state index contributed by atoms with van der Waals surface area (Å²) in [5, 5.41) is 0. The van der Waals surface area contributed by atoms with Crippen LogP contribution in [0.3, 0.4) is 0 Å². The molecule has 110 valence electrons. The van der Waals surface area contributed by atoms with E-state index < -0.39 is 11.4 Å². The molecule has 0 fully saturated rings. The molecule has 0 bridgehead atoms. The van der Waals surface area contributed by atoms with E-state index in [2.05, 4.69) is 16.8 Å². The standard InChI is InChI=1S/C16H13N3O3/c1-3-10-18-14(20)17-15(19(11-4-2)16(18)21)22-12-13-8-6-5-7-9-13/h1-2,5-9H,10-12H2. The summed E-state index contributed by atoms with van der Waals surface area (Å²) in [5.74, 6) is 4.56. The summed E-state index contributed by atoms with van der Waals surface area (Å²) >= 11 is 0. The maximum absolute atomic E-state index is 12.2. The van der Waals surface area contributed by atoms with E-state index in [1.54, 1.807) is 0 Å². The normalized spacial score (nSPS) is 9.73. The number of ether oxygens (including phenoxy) is 1. The minimum atomic E-state index is -0.765. The zero-order valence-electron chi connectivity index (χ0n) is 11.7. The van der Waals surface area contributed by atoms with Crippen molar-refractivity contribution >= 4 is 0 Å². The smallest absolute Gasteiger partial charge is 0.357 e. The maximum atomic E-state index is 12.2. The zero-order valence-corrected chi connectivity index (χ0v) is 11.7. The second-order valence-corrected chi connectivity index (χ2v) is 4.31. The third kappa shape index (κ3) is 3.25. The molecule has 0 unspecified atom stereocenters. The predicted octanol–water partition coefficient (Wildman–Crippen LogP) is 0.250. The van der Waals surface area contributed by atoms with Gasteiger partial charge >= 0.3 is 17.4 Å². The van der Waals surface area contributed by atoms with Gasteiger partial charge in [-0.15, -0.1) is 17.8 Å². The van der Waals surface area contributed by atoms with E-state index in [1.807, 2.05) is 30.3 Å².